The fraction of sp³-hybridized carbons (Fsp3) is 0.545. The van der Waals surface area contributed by atoms with E-state index in [9.17, 15) is 10.1 Å². The minimum atomic E-state index is -2.19. The monoisotopic (exact) mass is 433 g/mol. The number of non-ortho nitro benzene ring substituents is 1. The van der Waals surface area contributed by atoms with Crippen LogP contribution < -0.4 is 8.85 Å². The molecule has 0 saturated heterocycles. The van der Waals surface area contributed by atoms with Crippen LogP contribution in [0, 0.1) is 10.1 Å². The highest BCUT2D eigenvalue weighted by Gasteiger charge is 2.42. The zero-order chi connectivity index (χ0) is 22.4. The van der Waals surface area contributed by atoms with Crippen LogP contribution in [0.3, 0.4) is 0 Å². The number of nitro groups is 1. The van der Waals surface area contributed by atoms with E-state index >= 15 is 0 Å². The Morgan fingerprint density at radius 3 is 1.79 bits per heavy atom. The molecule has 29 heavy (non-hydrogen) atoms. The quantitative estimate of drug-likeness (QED) is 0.278. The zero-order valence-electron chi connectivity index (χ0n) is 19.5. The molecule has 5 nitrogen and oxygen atoms in total. The van der Waals surface area contributed by atoms with Gasteiger partial charge in [0.1, 0.15) is 5.75 Å². The number of nitrogens with zero attached hydrogens (tertiary/aromatic N) is 1. The van der Waals surface area contributed by atoms with Gasteiger partial charge in [0.2, 0.25) is 0 Å². The summed E-state index contributed by atoms with van der Waals surface area (Å²) in [4.78, 5) is 11.0. The highest BCUT2D eigenvalue weighted by Crippen LogP contribution is 2.46. The van der Waals surface area contributed by atoms with Crippen molar-refractivity contribution < 1.29 is 13.8 Å². The summed E-state index contributed by atoms with van der Waals surface area (Å²) >= 11 is 0. The summed E-state index contributed by atoms with van der Waals surface area (Å²) in [6, 6.07) is 8.84. The van der Waals surface area contributed by atoms with Crippen LogP contribution in [0.4, 0.5) is 5.69 Å². The molecule has 0 atom stereocenters. The molecule has 2 aromatic carbocycles. The van der Waals surface area contributed by atoms with Gasteiger partial charge in [-0.3, -0.25) is 10.1 Å². The average molecular weight is 434 g/mol. The number of rotatable bonds is 5. The lowest BCUT2D eigenvalue weighted by atomic mass is 10.1. The Hall–Kier alpha value is -1.87. The molecule has 7 heteroatoms. The Bertz CT molecular complexity index is 925. The molecular weight excluding hydrogens is 398 g/mol. The van der Waals surface area contributed by atoms with Crippen molar-refractivity contribution in [1.29, 1.82) is 0 Å². The molecule has 0 aromatic heterocycles. The minimum Gasteiger partial charge on any atom is -0.541 e. The molecule has 2 rings (SSSR count). The van der Waals surface area contributed by atoms with Gasteiger partial charge >= 0.3 is 0 Å². The fourth-order valence-electron chi connectivity index (χ4n) is 2.40. The van der Waals surface area contributed by atoms with Gasteiger partial charge in [-0.15, -0.1) is 0 Å². The van der Waals surface area contributed by atoms with E-state index in [1.54, 1.807) is 12.1 Å². The predicted molar refractivity (Wildman–Crippen MR) is 126 cm³/mol. The van der Waals surface area contributed by atoms with Crippen LogP contribution in [0.5, 0.6) is 11.5 Å². The van der Waals surface area contributed by atoms with E-state index in [4.69, 9.17) is 8.85 Å². The van der Waals surface area contributed by atoms with Crippen LogP contribution in [0.2, 0.25) is 36.3 Å². The van der Waals surface area contributed by atoms with Crippen LogP contribution in [-0.4, -0.2) is 21.6 Å². The third-order valence-corrected chi connectivity index (χ3v) is 15.1. The second-order valence-electron chi connectivity index (χ2n) is 10.8. The third-order valence-electron chi connectivity index (χ3n) is 6.47. The summed E-state index contributed by atoms with van der Waals surface area (Å²) in [6.45, 7) is 21.9. The lowest BCUT2D eigenvalue weighted by Gasteiger charge is -2.40. The number of hydrogen-bond acceptors (Lipinski definition) is 4. The molecule has 0 aliphatic carbocycles. The topological polar surface area (TPSA) is 61.6 Å². The van der Waals surface area contributed by atoms with Crippen molar-refractivity contribution in [3.05, 3.63) is 40.4 Å². The summed E-state index contributed by atoms with van der Waals surface area (Å²) in [5, 5.41) is 13.1. The maximum atomic E-state index is 11.4. The normalized spacial score (nSPS) is 13.4. The van der Waals surface area contributed by atoms with Crippen LogP contribution >= 0.6 is 0 Å². The van der Waals surface area contributed by atoms with Crippen LogP contribution in [0.25, 0.3) is 10.8 Å². The minimum absolute atomic E-state index is 0.00980. The maximum Gasteiger partial charge on any atom is 0.270 e. The standard InChI is InChI=1S/C22H35NO4Si2/c1-21(2,3)28(7,8)26-19-14-12-16-11-13-17(23(24)25)15-18(16)20(19)27-29(9,10)22(4,5)6/h11-15H,1-10H3. The Morgan fingerprint density at radius 1 is 0.828 bits per heavy atom. The molecular formula is C22H35NO4Si2. The van der Waals surface area contributed by atoms with Gasteiger partial charge in [-0.1, -0.05) is 47.6 Å². The van der Waals surface area contributed by atoms with E-state index in [1.165, 1.54) is 6.07 Å². The molecule has 0 spiro atoms. The molecule has 2 aromatic rings. The molecule has 0 saturated carbocycles. The van der Waals surface area contributed by atoms with Gasteiger partial charge < -0.3 is 8.85 Å². The van der Waals surface area contributed by atoms with E-state index in [1.807, 2.05) is 12.1 Å². The molecule has 0 fully saturated rings. The van der Waals surface area contributed by atoms with Crippen molar-refractivity contribution in [2.75, 3.05) is 0 Å². The summed E-state index contributed by atoms with van der Waals surface area (Å²) in [5.74, 6) is 1.33. The average Bonchev–Trinajstić information content (AvgIpc) is 2.54. The Balaban J connectivity index is 2.74. The molecule has 0 amide bonds. The van der Waals surface area contributed by atoms with E-state index in [2.05, 4.69) is 67.7 Å². The number of benzene rings is 2. The van der Waals surface area contributed by atoms with Gasteiger partial charge in [0.05, 0.1) is 4.92 Å². The van der Waals surface area contributed by atoms with Gasteiger partial charge in [-0.2, -0.15) is 0 Å². The Morgan fingerprint density at radius 2 is 1.31 bits per heavy atom. The first-order chi connectivity index (χ1) is 13.0. The number of fused-ring (bicyclic) bond motifs is 1. The van der Waals surface area contributed by atoms with Gasteiger partial charge in [-0.25, -0.2) is 0 Å². The lowest BCUT2D eigenvalue weighted by molar-refractivity contribution is -0.384. The van der Waals surface area contributed by atoms with Gasteiger partial charge in [0, 0.05) is 17.5 Å². The zero-order valence-corrected chi connectivity index (χ0v) is 21.5. The first-order valence-electron chi connectivity index (χ1n) is 10.1. The van der Waals surface area contributed by atoms with Crippen molar-refractivity contribution in [3.8, 4) is 11.5 Å². The smallest absolute Gasteiger partial charge is 0.270 e. The summed E-state index contributed by atoms with van der Waals surface area (Å²) in [6.07, 6.45) is 0. The molecule has 0 unspecified atom stereocenters. The fourth-order valence-corrected chi connectivity index (χ4v) is 4.44. The Kier molecular flexibility index (Phi) is 6.00. The molecule has 0 aliphatic heterocycles. The molecule has 160 valence electrons. The third kappa shape index (κ3) is 4.83. The summed E-state index contributed by atoms with van der Waals surface area (Å²) < 4.78 is 13.3. The summed E-state index contributed by atoms with van der Waals surface area (Å²) in [5.41, 5.74) is 0.0575. The lowest BCUT2D eigenvalue weighted by Crippen LogP contribution is -2.45. The van der Waals surface area contributed by atoms with Crippen molar-refractivity contribution in [1.82, 2.24) is 0 Å². The Labute approximate surface area is 176 Å². The largest absolute Gasteiger partial charge is 0.541 e. The first kappa shape index (κ1) is 23.4. The van der Waals surface area contributed by atoms with Crippen molar-refractivity contribution in [2.45, 2.75) is 77.8 Å². The number of hydrogen-bond donors (Lipinski definition) is 0. The predicted octanol–water partition coefficient (Wildman–Crippen LogP) is 7.52. The maximum absolute atomic E-state index is 11.4. The van der Waals surface area contributed by atoms with Crippen LogP contribution in [0.15, 0.2) is 30.3 Å². The van der Waals surface area contributed by atoms with Crippen molar-refractivity contribution >= 4 is 33.1 Å². The van der Waals surface area contributed by atoms with E-state index in [0.29, 0.717) is 11.5 Å². The van der Waals surface area contributed by atoms with E-state index in [-0.39, 0.29) is 20.7 Å². The molecule has 0 radical (unpaired) electrons. The molecule has 0 bridgehead atoms. The molecule has 0 aliphatic rings. The van der Waals surface area contributed by atoms with E-state index in [0.717, 1.165) is 10.8 Å². The van der Waals surface area contributed by atoms with Crippen LogP contribution in [-0.2, 0) is 0 Å². The van der Waals surface area contributed by atoms with E-state index < -0.39 is 16.6 Å². The van der Waals surface area contributed by atoms with Gasteiger partial charge in [0.25, 0.3) is 22.3 Å². The molecule has 0 N–H and O–H groups in total. The molecule has 0 heterocycles. The van der Waals surface area contributed by atoms with Crippen molar-refractivity contribution in [3.63, 3.8) is 0 Å². The first-order valence-corrected chi connectivity index (χ1v) is 15.9. The van der Waals surface area contributed by atoms with Crippen LogP contribution in [0.1, 0.15) is 41.5 Å². The van der Waals surface area contributed by atoms with Gasteiger partial charge in [0.15, 0.2) is 5.75 Å². The number of nitro benzene ring substituents is 1. The summed E-state index contributed by atoms with van der Waals surface area (Å²) in [7, 11) is -4.31. The SMILES string of the molecule is CC(C)(C)[Si](C)(C)Oc1ccc2ccc([N+](=O)[O-])cc2c1O[Si](C)(C)C(C)(C)C. The second kappa shape index (κ2) is 7.43. The highest BCUT2D eigenvalue weighted by atomic mass is 28.4. The van der Waals surface area contributed by atoms with Crippen molar-refractivity contribution in [2.24, 2.45) is 0 Å². The highest BCUT2D eigenvalue weighted by molar-refractivity contribution is 6.75. The van der Waals surface area contributed by atoms with Gasteiger partial charge in [-0.05, 0) is 53.8 Å². The second-order valence-corrected chi connectivity index (χ2v) is 20.2.